The van der Waals surface area contributed by atoms with Gasteiger partial charge in [-0.15, -0.1) is 0 Å². The number of pyridine rings is 1. The summed E-state index contributed by atoms with van der Waals surface area (Å²) in [5, 5.41) is 3.26. The Morgan fingerprint density at radius 3 is 2.84 bits per heavy atom. The Kier molecular flexibility index (Phi) is 6.26. The number of aromatic nitrogens is 1. The summed E-state index contributed by atoms with van der Waals surface area (Å²) in [6.45, 7) is 7.78. The van der Waals surface area contributed by atoms with Crippen LogP contribution in [0.5, 0.6) is 5.88 Å². The number of sulfone groups is 1. The summed E-state index contributed by atoms with van der Waals surface area (Å²) in [5.41, 5.74) is 0.917. The van der Waals surface area contributed by atoms with Crippen molar-refractivity contribution in [2.75, 3.05) is 39.0 Å². The summed E-state index contributed by atoms with van der Waals surface area (Å²) < 4.78 is 28.7. The molecule has 1 aromatic rings. The van der Waals surface area contributed by atoms with Crippen LogP contribution in [0.25, 0.3) is 0 Å². The largest absolute Gasteiger partial charge is 0.481 e. The van der Waals surface area contributed by atoms with Gasteiger partial charge in [0, 0.05) is 44.4 Å². The summed E-state index contributed by atoms with van der Waals surface area (Å²) in [6, 6.07) is 5.67. The van der Waals surface area contributed by atoms with Gasteiger partial charge in [-0.05, 0) is 26.8 Å². The van der Waals surface area contributed by atoms with Crippen molar-refractivity contribution in [3.8, 4) is 5.88 Å². The standard InChI is InChI=1S/C17H28N4O3S/c1-5-18-16(21-11-12-25(22,23)17(2,3)13-21)19-10-9-14-7-6-8-15(20-14)24-4/h6-8H,5,9-13H2,1-4H3,(H,18,19). The van der Waals surface area contributed by atoms with Gasteiger partial charge in [0.15, 0.2) is 15.8 Å². The molecule has 0 aromatic carbocycles. The molecule has 1 saturated heterocycles. The number of aliphatic imine (C=N–C) groups is 1. The van der Waals surface area contributed by atoms with E-state index >= 15 is 0 Å². The Morgan fingerprint density at radius 1 is 1.44 bits per heavy atom. The lowest BCUT2D eigenvalue weighted by atomic mass is 10.2. The van der Waals surface area contributed by atoms with Gasteiger partial charge in [0.25, 0.3) is 0 Å². The van der Waals surface area contributed by atoms with Gasteiger partial charge in [-0.3, -0.25) is 4.99 Å². The van der Waals surface area contributed by atoms with Crippen molar-refractivity contribution in [2.45, 2.75) is 31.9 Å². The Labute approximate surface area is 150 Å². The van der Waals surface area contributed by atoms with Crippen LogP contribution in [-0.2, 0) is 16.3 Å². The molecule has 0 bridgehead atoms. The molecule has 0 radical (unpaired) electrons. The van der Waals surface area contributed by atoms with E-state index in [9.17, 15) is 8.42 Å². The van der Waals surface area contributed by atoms with Crippen LogP contribution in [0.4, 0.5) is 0 Å². The Bertz CT molecular complexity index is 716. The van der Waals surface area contributed by atoms with Gasteiger partial charge in [0.1, 0.15) is 0 Å². The molecule has 0 spiro atoms. The van der Waals surface area contributed by atoms with Crippen molar-refractivity contribution < 1.29 is 13.2 Å². The molecule has 140 valence electrons. The third-order valence-electron chi connectivity index (χ3n) is 4.30. The fraction of sp³-hybridized carbons (Fsp3) is 0.647. The SMILES string of the molecule is CCNC(=NCCc1cccc(OC)n1)N1CCS(=O)(=O)C(C)(C)C1. The number of ether oxygens (including phenoxy) is 1. The van der Waals surface area contributed by atoms with Gasteiger partial charge in [-0.25, -0.2) is 13.4 Å². The lowest BCUT2D eigenvalue weighted by Gasteiger charge is -2.39. The molecule has 2 rings (SSSR count). The zero-order valence-corrected chi connectivity index (χ0v) is 16.3. The predicted molar refractivity (Wildman–Crippen MR) is 99.9 cm³/mol. The Hall–Kier alpha value is -1.83. The van der Waals surface area contributed by atoms with E-state index in [-0.39, 0.29) is 5.75 Å². The zero-order chi connectivity index (χ0) is 18.5. The molecule has 0 amide bonds. The minimum absolute atomic E-state index is 0.155. The number of hydrogen-bond donors (Lipinski definition) is 1. The maximum Gasteiger partial charge on any atom is 0.213 e. The molecule has 1 aliphatic heterocycles. The topological polar surface area (TPSA) is 83.9 Å². The average Bonchev–Trinajstić information content (AvgIpc) is 2.57. The van der Waals surface area contributed by atoms with Crippen LogP contribution in [0.1, 0.15) is 26.5 Å². The van der Waals surface area contributed by atoms with Crippen molar-refractivity contribution in [2.24, 2.45) is 4.99 Å². The molecule has 25 heavy (non-hydrogen) atoms. The quantitative estimate of drug-likeness (QED) is 0.619. The lowest BCUT2D eigenvalue weighted by molar-refractivity contribution is 0.353. The number of guanidine groups is 1. The van der Waals surface area contributed by atoms with E-state index < -0.39 is 14.6 Å². The highest BCUT2D eigenvalue weighted by Crippen LogP contribution is 2.23. The molecule has 7 nitrogen and oxygen atoms in total. The number of nitrogens with zero attached hydrogens (tertiary/aromatic N) is 3. The number of methoxy groups -OCH3 is 1. The minimum Gasteiger partial charge on any atom is -0.481 e. The fourth-order valence-corrected chi connectivity index (χ4v) is 4.10. The number of nitrogens with one attached hydrogen (secondary N) is 1. The Morgan fingerprint density at radius 2 is 2.20 bits per heavy atom. The highest BCUT2D eigenvalue weighted by molar-refractivity contribution is 7.92. The summed E-state index contributed by atoms with van der Waals surface area (Å²) in [4.78, 5) is 11.1. The monoisotopic (exact) mass is 368 g/mol. The molecule has 8 heteroatoms. The molecule has 0 aliphatic carbocycles. The maximum atomic E-state index is 12.2. The second kappa shape index (κ2) is 8.03. The van der Waals surface area contributed by atoms with Crippen LogP contribution >= 0.6 is 0 Å². The van der Waals surface area contributed by atoms with E-state index in [1.165, 1.54) is 0 Å². The van der Waals surface area contributed by atoms with Crippen LogP contribution in [0.3, 0.4) is 0 Å². The van der Waals surface area contributed by atoms with Gasteiger partial charge < -0.3 is 15.0 Å². The fourth-order valence-electron chi connectivity index (χ4n) is 2.74. The van der Waals surface area contributed by atoms with Crippen LogP contribution in [0.2, 0.25) is 0 Å². The smallest absolute Gasteiger partial charge is 0.213 e. The second-order valence-corrected chi connectivity index (χ2v) is 9.40. The van der Waals surface area contributed by atoms with Gasteiger partial charge in [-0.1, -0.05) is 6.07 Å². The first-order chi connectivity index (χ1) is 11.8. The highest BCUT2D eigenvalue weighted by atomic mass is 32.2. The molecule has 1 fully saturated rings. The highest BCUT2D eigenvalue weighted by Gasteiger charge is 2.40. The predicted octanol–water partition coefficient (Wildman–Crippen LogP) is 1.11. The van der Waals surface area contributed by atoms with Crippen molar-refractivity contribution in [3.05, 3.63) is 23.9 Å². The molecule has 1 N–H and O–H groups in total. The zero-order valence-electron chi connectivity index (χ0n) is 15.4. The van der Waals surface area contributed by atoms with E-state index in [0.717, 1.165) is 18.2 Å². The molecular weight excluding hydrogens is 340 g/mol. The molecule has 0 saturated carbocycles. The second-order valence-electron chi connectivity index (χ2n) is 6.66. The average molecular weight is 369 g/mol. The molecule has 1 aromatic heterocycles. The third-order valence-corrected chi connectivity index (χ3v) is 6.83. The van der Waals surface area contributed by atoms with E-state index in [1.807, 2.05) is 30.0 Å². The van der Waals surface area contributed by atoms with E-state index in [4.69, 9.17) is 4.74 Å². The first kappa shape index (κ1) is 19.5. The summed E-state index contributed by atoms with van der Waals surface area (Å²) >= 11 is 0. The summed E-state index contributed by atoms with van der Waals surface area (Å²) in [5.74, 6) is 1.51. The van der Waals surface area contributed by atoms with E-state index in [0.29, 0.717) is 31.9 Å². The van der Waals surface area contributed by atoms with Crippen molar-refractivity contribution in [1.29, 1.82) is 0 Å². The molecule has 2 heterocycles. The summed E-state index contributed by atoms with van der Waals surface area (Å²) in [6.07, 6.45) is 0.696. The van der Waals surface area contributed by atoms with Crippen molar-refractivity contribution in [3.63, 3.8) is 0 Å². The van der Waals surface area contributed by atoms with Gasteiger partial charge in [-0.2, -0.15) is 0 Å². The Balaban J connectivity index is 2.05. The first-order valence-electron chi connectivity index (χ1n) is 8.54. The lowest BCUT2D eigenvalue weighted by Crippen LogP contribution is -2.57. The van der Waals surface area contributed by atoms with Crippen molar-refractivity contribution in [1.82, 2.24) is 15.2 Å². The maximum absolute atomic E-state index is 12.2. The molecule has 0 unspecified atom stereocenters. The molecular formula is C17H28N4O3S. The van der Waals surface area contributed by atoms with Gasteiger partial charge >= 0.3 is 0 Å². The normalized spacial score (nSPS) is 19.5. The van der Waals surface area contributed by atoms with Gasteiger partial charge in [0.2, 0.25) is 5.88 Å². The van der Waals surface area contributed by atoms with Crippen LogP contribution in [-0.4, -0.2) is 68.0 Å². The number of rotatable bonds is 5. The molecule has 1 aliphatic rings. The number of hydrogen-bond acceptors (Lipinski definition) is 5. The van der Waals surface area contributed by atoms with E-state index in [1.54, 1.807) is 21.0 Å². The minimum atomic E-state index is -3.06. The van der Waals surface area contributed by atoms with Crippen molar-refractivity contribution >= 4 is 15.8 Å². The van der Waals surface area contributed by atoms with Gasteiger partial charge in [0.05, 0.1) is 17.6 Å². The third kappa shape index (κ3) is 4.84. The van der Waals surface area contributed by atoms with Crippen LogP contribution < -0.4 is 10.1 Å². The van der Waals surface area contributed by atoms with Crippen LogP contribution in [0.15, 0.2) is 23.2 Å². The first-order valence-corrected chi connectivity index (χ1v) is 10.2. The summed E-state index contributed by atoms with van der Waals surface area (Å²) in [7, 11) is -1.46. The van der Waals surface area contributed by atoms with Crippen LogP contribution in [0, 0.1) is 0 Å². The van der Waals surface area contributed by atoms with E-state index in [2.05, 4.69) is 15.3 Å². The molecule has 0 atom stereocenters.